The fraction of sp³-hybridized carbons (Fsp3) is 0.111. The summed E-state index contributed by atoms with van der Waals surface area (Å²) < 4.78 is 19.2. The maximum Gasteiger partial charge on any atom is 0.248 e. The fourth-order valence-corrected chi connectivity index (χ4v) is 2.32. The van der Waals surface area contributed by atoms with Gasteiger partial charge in [0.1, 0.15) is 12.0 Å². The molecule has 0 atom stereocenters. The number of rotatable bonds is 5. The second-order valence-corrected chi connectivity index (χ2v) is 5.29. The molecule has 0 spiro atoms. The molecular formula is C18H17FN4O. The molecule has 0 bridgehead atoms. The highest BCUT2D eigenvalue weighted by Gasteiger charge is 2.15. The minimum absolute atomic E-state index is 0.0690. The number of nitrogens with zero attached hydrogens (tertiary/aromatic N) is 3. The van der Waals surface area contributed by atoms with Gasteiger partial charge in [-0.25, -0.2) is 9.37 Å². The number of aromatic nitrogens is 2. The van der Waals surface area contributed by atoms with Crippen molar-refractivity contribution in [1.82, 2.24) is 9.97 Å². The van der Waals surface area contributed by atoms with Crippen LogP contribution in [0.1, 0.15) is 5.56 Å². The predicted octanol–water partition coefficient (Wildman–Crippen LogP) is 3.63. The molecule has 0 aliphatic rings. The summed E-state index contributed by atoms with van der Waals surface area (Å²) in [5.41, 5.74) is 7.50. The zero-order valence-electron chi connectivity index (χ0n) is 13.2. The SMILES string of the molecule is CN(Cc1ccccc1)c1ncnc(Oc2ccccc2F)c1N. The molecule has 0 aliphatic carbocycles. The van der Waals surface area contributed by atoms with E-state index in [-0.39, 0.29) is 17.3 Å². The van der Waals surface area contributed by atoms with Crippen LogP contribution >= 0.6 is 0 Å². The van der Waals surface area contributed by atoms with E-state index in [2.05, 4.69) is 9.97 Å². The van der Waals surface area contributed by atoms with Gasteiger partial charge in [-0.05, 0) is 17.7 Å². The smallest absolute Gasteiger partial charge is 0.248 e. The monoisotopic (exact) mass is 324 g/mol. The van der Waals surface area contributed by atoms with Crippen LogP contribution in [-0.4, -0.2) is 17.0 Å². The number of nitrogens with two attached hydrogens (primary N) is 1. The molecule has 0 fully saturated rings. The van der Waals surface area contributed by atoms with Crippen LogP contribution in [0.15, 0.2) is 60.9 Å². The van der Waals surface area contributed by atoms with E-state index >= 15 is 0 Å². The number of hydrogen-bond donors (Lipinski definition) is 1. The summed E-state index contributed by atoms with van der Waals surface area (Å²) in [6, 6.07) is 16.0. The van der Waals surface area contributed by atoms with Gasteiger partial charge in [-0.1, -0.05) is 42.5 Å². The Labute approximate surface area is 139 Å². The molecule has 0 saturated carbocycles. The van der Waals surface area contributed by atoms with Gasteiger partial charge < -0.3 is 15.4 Å². The topological polar surface area (TPSA) is 64.3 Å². The van der Waals surface area contributed by atoms with Gasteiger partial charge in [0, 0.05) is 13.6 Å². The summed E-state index contributed by atoms with van der Waals surface area (Å²) in [5, 5.41) is 0. The molecule has 0 radical (unpaired) electrons. The third kappa shape index (κ3) is 3.43. The molecule has 1 aromatic heterocycles. The van der Waals surface area contributed by atoms with Crippen molar-refractivity contribution in [2.45, 2.75) is 6.54 Å². The average Bonchev–Trinajstić information content (AvgIpc) is 2.59. The third-order valence-electron chi connectivity index (χ3n) is 3.49. The quantitative estimate of drug-likeness (QED) is 0.776. The van der Waals surface area contributed by atoms with Gasteiger partial charge in [0.15, 0.2) is 17.4 Å². The maximum atomic E-state index is 13.7. The lowest BCUT2D eigenvalue weighted by Gasteiger charge is -2.20. The summed E-state index contributed by atoms with van der Waals surface area (Å²) in [6.45, 7) is 0.626. The van der Waals surface area contributed by atoms with Crippen molar-refractivity contribution in [3.05, 3.63) is 72.3 Å². The number of nitrogen functional groups attached to an aromatic ring is 1. The molecule has 122 valence electrons. The van der Waals surface area contributed by atoms with Crippen molar-refractivity contribution in [3.63, 3.8) is 0 Å². The Balaban J connectivity index is 1.84. The molecule has 0 aliphatic heterocycles. The van der Waals surface area contributed by atoms with E-state index in [1.807, 2.05) is 42.3 Å². The number of halogens is 1. The zero-order valence-corrected chi connectivity index (χ0v) is 13.2. The van der Waals surface area contributed by atoms with Gasteiger partial charge in [0.05, 0.1) is 0 Å². The van der Waals surface area contributed by atoms with Crippen molar-refractivity contribution in [1.29, 1.82) is 0 Å². The Bertz CT molecular complexity index is 826. The van der Waals surface area contributed by atoms with Crippen LogP contribution < -0.4 is 15.4 Å². The zero-order chi connectivity index (χ0) is 16.9. The number of hydrogen-bond acceptors (Lipinski definition) is 5. The van der Waals surface area contributed by atoms with Gasteiger partial charge in [0.2, 0.25) is 5.88 Å². The molecule has 5 nitrogen and oxygen atoms in total. The molecule has 2 aromatic carbocycles. The van der Waals surface area contributed by atoms with Gasteiger partial charge in [-0.3, -0.25) is 0 Å². The molecule has 2 N–H and O–H groups in total. The van der Waals surface area contributed by atoms with Crippen molar-refractivity contribution in [3.8, 4) is 11.6 Å². The van der Waals surface area contributed by atoms with Crippen molar-refractivity contribution >= 4 is 11.5 Å². The average molecular weight is 324 g/mol. The van der Waals surface area contributed by atoms with E-state index in [9.17, 15) is 4.39 Å². The van der Waals surface area contributed by atoms with Crippen LogP contribution in [0.3, 0.4) is 0 Å². The number of anilines is 2. The molecule has 3 rings (SSSR count). The van der Waals surface area contributed by atoms with Gasteiger partial charge in [0.25, 0.3) is 0 Å². The lowest BCUT2D eigenvalue weighted by molar-refractivity contribution is 0.428. The second kappa shape index (κ2) is 6.95. The first kappa shape index (κ1) is 15.7. The van der Waals surface area contributed by atoms with Gasteiger partial charge in [-0.2, -0.15) is 4.98 Å². The van der Waals surface area contributed by atoms with Gasteiger partial charge >= 0.3 is 0 Å². The lowest BCUT2D eigenvalue weighted by atomic mass is 10.2. The van der Waals surface area contributed by atoms with Crippen LogP contribution in [0.2, 0.25) is 0 Å². The summed E-state index contributed by atoms with van der Waals surface area (Å²) in [7, 11) is 1.87. The fourth-order valence-electron chi connectivity index (χ4n) is 2.32. The molecule has 0 unspecified atom stereocenters. The van der Waals surface area contributed by atoms with Crippen molar-refractivity contribution in [2.24, 2.45) is 0 Å². The summed E-state index contributed by atoms with van der Waals surface area (Å²) in [4.78, 5) is 10.1. The highest BCUT2D eigenvalue weighted by Crippen LogP contribution is 2.32. The van der Waals surface area contributed by atoms with E-state index < -0.39 is 5.82 Å². The van der Waals surface area contributed by atoms with Crippen LogP contribution in [0.25, 0.3) is 0 Å². The minimum atomic E-state index is -0.477. The van der Waals surface area contributed by atoms with Crippen LogP contribution in [0, 0.1) is 5.82 Å². The molecule has 3 aromatic rings. The maximum absolute atomic E-state index is 13.7. The third-order valence-corrected chi connectivity index (χ3v) is 3.49. The van der Waals surface area contributed by atoms with E-state index in [0.29, 0.717) is 12.4 Å². The Morgan fingerprint density at radius 2 is 1.75 bits per heavy atom. The van der Waals surface area contributed by atoms with E-state index in [4.69, 9.17) is 10.5 Å². The van der Waals surface area contributed by atoms with E-state index in [0.717, 1.165) is 5.56 Å². The highest BCUT2D eigenvalue weighted by atomic mass is 19.1. The van der Waals surface area contributed by atoms with E-state index in [1.165, 1.54) is 18.5 Å². The van der Waals surface area contributed by atoms with Crippen molar-refractivity contribution < 1.29 is 9.13 Å². The predicted molar refractivity (Wildman–Crippen MR) is 91.5 cm³/mol. The van der Waals surface area contributed by atoms with Crippen LogP contribution in [0.5, 0.6) is 11.6 Å². The normalized spacial score (nSPS) is 10.4. The first-order valence-electron chi connectivity index (χ1n) is 7.43. The Morgan fingerprint density at radius 3 is 2.50 bits per heavy atom. The summed E-state index contributed by atoms with van der Waals surface area (Å²) in [5.74, 6) is 0.250. The highest BCUT2D eigenvalue weighted by molar-refractivity contribution is 5.68. The number of para-hydroxylation sites is 1. The first-order valence-corrected chi connectivity index (χ1v) is 7.43. The number of ether oxygens (including phenoxy) is 1. The molecule has 0 saturated heterocycles. The number of benzene rings is 2. The Kier molecular flexibility index (Phi) is 4.56. The molecule has 0 amide bonds. The Morgan fingerprint density at radius 1 is 1.04 bits per heavy atom. The summed E-state index contributed by atoms with van der Waals surface area (Å²) >= 11 is 0. The largest absolute Gasteiger partial charge is 0.434 e. The molecule has 1 heterocycles. The molecule has 24 heavy (non-hydrogen) atoms. The van der Waals surface area contributed by atoms with Crippen molar-refractivity contribution in [2.75, 3.05) is 17.7 Å². The molecule has 6 heteroatoms. The van der Waals surface area contributed by atoms with Crippen LogP contribution in [-0.2, 0) is 6.54 Å². The van der Waals surface area contributed by atoms with Crippen LogP contribution in [0.4, 0.5) is 15.9 Å². The van der Waals surface area contributed by atoms with E-state index in [1.54, 1.807) is 12.1 Å². The second-order valence-electron chi connectivity index (χ2n) is 5.29. The Hall–Kier alpha value is -3.15. The lowest BCUT2D eigenvalue weighted by Crippen LogP contribution is -2.19. The first-order chi connectivity index (χ1) is 11.6. The summed E-state index contributed by atoms with van der Waals surface area (Å²) in [6.07, 6.45) is 1.35. The molecular weight excluding hydrogens is 307 g/mol. The minimum Gasteiger partial charge on any atom is -0.434 e. The van der Waals surface area contributed by atoms with Gasteiger partial charge in [-0.15, -0.1) is 0 Å². The standard InChI is InChI=1S/C18H17FN4O/c1-23(11-13-7-3-2-4-8-13)17-16(20)18(22-12-21-17)24-15-10-6-5-9-14(15)19/h2-10,12H,11,20H2,1H3.